The van der Waals surface area contributed by atoms with Crippen molar-refractivity contribution in [2.24, 2.45) is 0 Å². The topological polar surface area (TPSA) is 98.1 Å². The molecule has 1 rings (SSSR count). The Morgan fingerprint density at radius 1 is 1.03 bits per heavy atom. The molecule has 0 aliphatic heterocycles. The molecule has 0 aliphatic rings. The second-order valence-electron chi connectivity index (χ2n) is 7.83. The number of aryl methyl sites for hydroxylation is 1. The standard InChI is InChI=1S/C24H39N3O4/c1-3-4-5-6-7-8-9-10-11-12-13-14-15-16-17-18-23(28)31-20-19-22-24(27(29)30)26-21(2)25-22/h7-8,10-11H,3-6,9,12-20H2,1-2H3,(H,25,26)/b8-7-,11-10-. The van der Waals surface area contributed by atoms with Gasteiger partial charge in [-0.3, -0.25) is 4.79 Å². The van der Waals surface area contributed by atoms with Crippen LogP contribution in [0.4, 0.5) is 5.82 Å². The minimum Gasteiger partial charge on any atom is -0.465 e. The summed E-state index contributed by atoms with van der Waals surface area (Å²) in [6.07, 6.45) is 22.2. The minimum atomic E-state index is -0.500. The van der Waals surface area contributed by atoms with Crippen molar-refractivity contribution in [3.8, 4) is 0 Å². The molecule has 0 amide bonds. The number of ether oxygens (including phenoxy) is 1. The van der Waals surface area contributed by atoms with Crippen LogP contribution in [0.1, 0.15) is 95.5 Å². The lowest BCUT2D eigenvalue weighted by Gasteiger charge is -2.04. The molecule has 1 aromatic heterocycles. The molecule has 1 N–H and O–H groups in total. The van der Waals surface area contributed by atoms with Gasteiger partial charge in [0, 0.05) is 19.8 Å². The number of rotatable bonds is 18. The highest BCUT2D eigenvalue weighted by molar-refractivity contribution is 5.69. The molecule has 174 valence electrons. The first-order valence-corrected chi connectivity index (χ1v) is 11.7. The van der Waals surface area contributed by atoms with Crippen molar-refractivity contribution < 1.29 is 14.5 Å². The highest BCUT2D eigenvalue weighted by Crippen LogP contribution is 2.15. The zero-order chi connectivity index (χ0) is 22.7. The van der Waals surface area contributed by atoms with Crippen LogP contribution in [0.25, 0.3) is 0 Å². The molecule has 0 unspecified atom stereocenters. The van der Waals surface area contributed by atoms with E-state index in [9.17, 15) is 14.9 Å². The molecule has 7 heteroatoms. The van der Waals surface area contributed by atoms with Crippen LogP contribution in [0.5, 0.6) is 0 Å². The van der Waals surface area contributed by atoms with E-state index in [0.717, 1.165) is 32.1 Å². The molecule has 0 aromatic carbocycles. The van der Waals surface area contributed by atoms with Crippen molar-refractivity contribution in [2.45, 2.75) is 97.3 Å². The Morgan fingerprint density at radius 3 is 2.35 bits per heavy atom. The summed E-state index contributed by atoms with van der Waals surface area (Å²) < 4.78 is 5.18. The van der Waals surface area contributed by atoms with Crippen molar-refractivity contribution in [1.82, 2.24) is 9.97 Å². The lowest BCUT2D eigenvalue weighted by atomic mass is 10.1. The Balaban J connectivity index is 1.96. The second-order valence-corrected chi connectivity index (χ2v) is 7.83. The zero-order valence-electron chi connectivity index (χ0n) is 19.2. The maximum absolute atomic E-state index is 11.8. The number of carbonyl (C=O) groups is 1. The summed E-state index contributed by atoms with van der Waals surface area (Å²) in [4.78, 5) is 28.9. The number of unbranched alkanes of at least 4 members (excludes halogenated alkanes) is 8. The minimum absolute atomic E-state index is 0.115. The van der Waals surface area contributed by atoms with Crippen LogP contribution >= 0.6 is 0 Å². The Kier molecular flexibility index (Phi) is 14.8. The first-order chi connectivity index (χ1) is 15.0. The molecule has 0 spiro atoms. The molecule has 0 fully saturated rings. The number of carbonyl (C=O) groups excluding carboxylic acids is 1. The fourth-order valence-electron chi connectivity index (χ4n) is 3.27. The van der Waals surface area contributed by atoms with Gasteiger partial charge < -0.3 is 14.9 Å². The number of aromatic amines is 1. The monoisotopic (exact) mass is 433 g/mol. The van der Waals surface area contributed by atoms with E-state index in [1.165, 1.54) is 38.5 Å². The third-order valence-corrected chi connectivity index (χ3v) is 4.99. The van der Waals surface area contributed by atoms with Crippen LogP contribution in [-0.4, -0.2) is 27.5 Å². The van der Waals surface area contributed by atoms with Crippen LogP contribution in [-0.2, 0) is 16.0 Å². The second kappa shape index (κ2) is 17.3. The molecular weight excluding hydrogens is 394 g/mol. The van der Waals surface area contributed by atoms with E-state index in [4.69, 9.17) is 4.74 Å². The van der Waals surface area contributed by atoms with Gasteiger partial charge in [-0.05, 0) is 43.4 Å². The lowest BCUT2D eigenvalue weighted by molar-refractivity contribution is -0.390. The predicted octanol–water partition coefficient (Wildman–Crippen LogP) is 6.53. The number of aromatic nitrogens is 2. The molecule has 0 aliphatic carbocycles. The first kappa shape index (κ1) is 26.6. The molecule has 1 aromatic rings. The van der Waals surface area contributed by atoms with Crippen LogP contribution < -0.4 is 0 Å². The fourth-order valence-corrected chi connectivity index (χ4v) is 3.27. The van der Waals surface area contributed by atoms with E-state index in [-0.39, 0.29) is 24.8 Å². The third kappa shape index (κ3) is 13.5. The summed E-state index contributed by atoms with van der Waals surface area (Å²) in [5.74, 6) is 0.112. The quantitative estimate of drug-likeness (QED) is 0.0933. The van der Waals surface area contributed by atoms with Crippen LogP contribution in [0.15, 0.2) is 24.3 Å². The van der Waals surface area contributed by atoms with Crippen LogP contribution in [0.3, 0.4) is 0 Å². The average molecular weight is 434 g/mol. The maximum atomic E-state index is 11.8. The third-order valence-electron chi connectivity index (χ3n) is 4.99. The molecule has 7 nitrogen and oxygen atoms in total. The van der Waals surface area contributed by atoms with E-state index >= 15 is 0 Å². The number of nitrogens with one attached hydrogen (secondary N) is 1. The summed E-state index contributed by atoms with van der Waals surface area (Å²) >= 11 is 0. The van der Waals surface area contributed by atoms with Gasteiger partial charge in [-0.25, -0.2) is 9.97 Å². The predicted molar refractivity (Wildman–Crippen MR) is 124 cm³/mol. The Hall–Kier alpha value is -2.44. The number of hydrogen-bond donors (Lipinski definition) is 1. The molecular formula is C24H39N3O4. The van der Waals surface area contributed by atoms with Gasteiger partial charge in [0.1, 0.15) is 5.69 Å². The Bertz CT molecular complexity index is 695. The number of nitrogens with zero attached hydrogens (tertiary/aromatic N) is 2. The smallest absolute Gasteiger partial charge is 0.344 e. The van der Waals surface area contributed by atoms with Crippen LogP contribution in [0, 0.1) is 17.0 Å². The summed E-state index contributed by atoms with van der Waals surface area (Å²) in [6.45, 7) is 4.00. The van der Waals surface area contributed by atoms with Gasteiger partial charge in [-0.15, -0.1) is 0 Å². The highest BCUT2D eigenvalue weighted by Gasteiger charge is 2.18. The zero-order valence-corrected chi connectivity index (χ0v) is 19.2. The van der Waals surface area contributed by atoms with Gasteiger partial charge in [0.2, 0.25) is 0 Å². The Labute approximate surface area is 186 Å². The SMILES string of the molecule is CCCCC/C=C\C/C=C\CCCCCCCC(=O)OCCc1nc(C)[nH]c1[N+](=O)[O-]. The van der Waals surface area contributed by atoms with E-state index < -0.39 is 4.92 Å². The average Bonchev–Trinajstić information content (AvgIpc) is 3.11. The molecule has 0 saturated heterocycles. The van der Waals surface area contributed by atoms with Crippen molar-refractivity contribution in [1.29, 1.82) is 0 Å². The van der Waals surface area contributed by atoms with Crippen molar-refractivity contribution in [2.75, 3.05) is 6.61 Å². The molecule has 0 atom stereocenters. The van der Waals surface area contributed by atoms with Crippen molar-refractivity contribution >= 4 is 11.8 Å². The van der Waals surface area contributed by atoms with Crippen LogP contribution in [0.2, 0.25) is 0 Å². The number of imidazole rings is 1. The summed E-state index contributed by atoms with van der Waals surface area (Å²) in [7, 11) is 0. The van der Waals surface area contributed by atoms with E-state index in [1.807, 2.05) is 0 Å². The van der Waals surface area contributed by atoms with Gasteiger partial charge in [0.25, 0.3) is 0 Å². The number of allylic oxidation sites excluding steroid dienone is 4. The fraction of sp³-hybridized carbons (Fsp3) is 0.667. The highest BCUT2D eigenvalue weighted by atomic mass is 16.6. The van der Waals surface area contributed by atoms with Gasteiger partial charge in [0.05, 0.1) is 6.61 Å². The molecule has 0 radical (unpaired) electrons. The Morgan fingerprint density at radius 2 is 1.68 bits per heavy atom. The van der Waals surface area contributed by atoms with E-state index in [1.54, 1.807) is 6.92 Å². The summed E-state index contributed by atoms with van der Waals surface area (Å²) in [6, 6.07) is 0. The normalized spacial score (nSPS) is 11.5. The summed E-state index contributed by atoms with van der Waals surface area (Å²) in [5.41, 5.74) is 0.326. The number of H-pyrrole nitrogens is 1. The molecule has 31 heavy (non-hydrogen) atoms. The van der Waals surface area contributed by atoms with Gasteiger partial charge in [0.15, 0.2) is 5.82 Å². The molecule has 1 heterocycles. The first-order valence-electron chi connectivity index (χ1n) is 11.7. The van der Waals surface area contributed by atoms with Gasteiger partial charge >= 0.3 is 11.8 Å². The number of esters is 1. The summed E-state index contributed by atoms with van der Waals surface area (Å²) in [5, 5.41) is 10.9. The molecule has 0 bridgehead atoms. The van der Waals surface area contributed by atoms with Crippen molar-refractivity contribution in [3.63, 3.8) is 0 Å². The van der Waals surface area contributed by atoms with Gasteiger partial charge in [-0.1, -0.05) is 63.3 Å². The van der Waals surface area contributed by atoms with E-state index in [0.29, 0.717) is 17.9 Å². The number of nitro groups is 1. The van der Waals surface area contributed by atoms with Crippen molar-refractivity contribution in [3.05, 3.63) is 45.9 Å². The lowest BCUT2D eigenvalue weighted by Crippen LogP contribution is -2.08. The maximum Gasteiger partial charge on any atom is 0.344 e. The van der Waals surface area contributed by atoms with E-state index in [2.05, 4.69) is 41.2 Å². The number of hydrogen-bond acceptors (Lipinski definition) is 5. The molecule has 0 saturated carbocycles. The largest absolute Gasteiger partial charge is 0.465 e. The van der Waals surface area contributed by atoms with Gasteiger partial charge in [-0.2, -0.15) is 0 Å².